The van der Waals surface area contributed by atoms with Crippen LogP contribution in [0.2, 0.25) is 0 Å². The Bertz CT molecular complexity index is 217. The van der Waals surface area contributed by atoms with Crippen LogP contribution >= 0.6 is 0 Å². The fraction of sp³-hybridized carbons (Fsp3) is 0.900. The van der Waals surface area contributed by atoms with Crippen LogP contribution in [0, 0.1) is 11.8 Å². The van der Waals surface area contributed by atoms with Crippen LogP contribution in [0.1, 0.15) is 19.8 Å². The Kier molecular flexibility index (Phi) is 2.28. The predicted octanol–water partition coefficient (Wildman–Crippen LogP) is 0.463. The second kappa shape index (κ2) is 3.29. The van der Waals surface area contributed by atoms with Crippen molar-refractivity contribution in [1.29, 1.82) is 0 Å². The summed E-state index contributed by atoms with van der Waals surface area (Å²) >= 11 is 0. The molecule has 1 aliphatic heterocycles. The monoisotopic (exact) mass is 182 g/mol. The minimum Gasteiger partial charge on any atom is -0.338 e. The molecule has 0 aromatic rings. The molecular formula is C10H18N2O. The van der Waals surface area contributed by atoms with Crippen LogP contribution in [0.5, 0.6) is 0 Å². The maximum Gasteiger partial charge on any atom is 0.226 e. The summed E-state index contributed by atoms with van der Waals surface area (Å²) in [6.07, 6.45) is 2.39. The Morgan fingerprint density at radius 2 is 2.38 bits per heavy atom. The second-order valence-electron chi connectivity index (χ2n) is 4.34. The first-order valence-corrected chi connectivity index (χ1v) is 5.19. The number of likely N-dealkylation sites (tertiary alicyclic amines) is 1. The molecule has 2 aliphatic rings. The van der Waals surface area contributed by atoms with E-state index in [2.05, 4.69) is 17.1 Å². The molecule has 1 saturated heterocycles. The van der Waals surface area contributed by atoms with E-state index in [1.807, 2.05) is 7.05 Å². The lowest BCUT2D eigenvalue weighted by Gasteiger charge is -2.25. The fourth-order valence-electron chi connectivity index (χ4n) is 2.47. The van der Waals surface area contributed by atoms with Crippen molar-refractivity contribution in [3.05, 3.63) is 0 Å². The van der Waals surface area contributed by atoms with Gasteiger partial charge in [-0.2, -0.15) is 0 Å². The molecule has 2 fully saturated rings. The fourth-order valence-corrected chi connectivity index (χ4v) is 2.47. The molecule has 1 amide bonds. The maximum absolute atomic E-state index is 11.8. The van der Waals surface area contributed by atoms with Crippen molar-refractivity contribution in [2.75, 3.05) is 20.1 Å². The second-order valence-corrected chi connectivity index (χ2v) is 4.34. The van der Waals surface area contributed by atoms with Crippen molar-refractivity contribution in [3.63, 3.8) is 0 Å². The summed E-state index contributed by atoms with van der Waals surface area (Å²) in [6, 6.07) is 0.364. The van der Waals surface area contributed by atoms with Gasteiger partial charge >= 0.3 is 0 Å². The SMILES string of the molecule is CNCC(C)N1CC2CCC2C1=O. The molecule has 1 N–H and O–H groups in total. The first-order chi connectivity index (χ1) is 6.24. The van der Waals surface area contributed by atoms with Gasteiger partial charge < -0.3 is 10.2 Å². The van der Waals surface area contributed by atoms with E-state index < -0.39 is 0 Å². The number of hydrogen-bond acceptors (Lipinski definition) is 2. The van der Waals surface area contributed by atoms with Crippen LogP contribution in [-0.2, 0) is 4.79 Å². The van der Waals surface area contributed by atoms with Gasteiger partial charge in [-0.25, -0.2) is 0 Å². The van der Waals surface area contributed by atoms with Crippen molar-refractivity contribution < 1.29 is 4.79 Å². The van der Waals surface area contributed by atoms with Crippen molar-refractivity contribution in [3.8, 4) is 0 Å². The summed E-state index contributed by atoms with van der Waals surface area (Å²) in [6.45, 7) is 4.04. The third-order valence-electron chi connectivity index (χ3n) is 3.48. The average molecular weight is 182 g/mol. The zero-order valence-corrected chi connectivity index (χ0v) is 8.42. The van der Waals surface area contributed by atoms with Crippen LogP contribution in [0.4, 0.5) is 0 Å². The van der Waals surface area contributed by atoms with Crippen molar-refractivity contribution in [1.82, 2.24) is 10.2 Å². The Balaban J connectivity index is 1.96. The number of rotatable bonds is 3. The first kappa shape index (κ1) is 9.00. The number of nitrogens with one attached hydrogen (secondary N) is 1. The molecule has 0 aromatic carbocycles. The molecule has 3 unspecified atom stereocenters. The van der Waals surface area contributed by atoms with E-state index in [0.717, 1.165) is 19.5 Å². The molecule has 0 spiro atoms. The number of fused-ring (bicyclic) bond motifs is 1. The highest BCUT2D eigenvalue weighted by molar-refractivity contribution is 5.82. The van der Waals surface area contributed by atoms with Gasteiger partial charge in [0.05, 0.1) is 0 Å². The molecule has 1 aliphatic carbocycles. The summed E-state index contributed by atoms with van der Waals surface area (Å²) < 4.78 is 0. The zero-order valence-electron chi connectivity index (χ0n) is 8.42. The number of hydrogen-bond donors (Lipinski definition) is 1. The van der Waals surface area contributed by atoms with Gasteiger partial charge in [0.15, 0.2) is 0 Å². The van der Waals surface area contributed by atoms with Gasteiger partial charge in [0.2, 0.25) is 5.91 Å². The molecular weight excluding hydrogens is 164 g/mol. The van der Waals surface area contributed by atoms with Crippen molar-refractivity contribution in [2.24, 2.45) is 11.8 Å². The molecule has 3 atom stereocenters. The lowest BCUT2D eigenvalue weighted by atomic mass is 9.76. The van der Waals surface area contributed by atoms with Gasteiger partial charge in [0.1, 0.15) is 0 Å². The molecule has 3 heteroatoms. The molecule has 74 valence electrons. The maximum atomic E-state index is 11.8. The number of carbonyl (C=O) groups is 1. The summed E-state index contributed by atoms with van der Waals surface area (Å²) in [5.74, 6) is 1.48. The van der Waals surface area contributed by atoms with Gasteiger partial charge in [0, 0.05) is 25.0 Å². The summed E-state index contributed by atoms with van der Waals surface area (Å²) in [5.41, 5.74) is 0. The molecule has 0 aromatic heterocycles. The smallest absolute Gasteiger partial charge is 0.226 e. The van der Waals surface area contributed by atoms with Crippen LogP contribution in [0.15, 0.2) is 0 Å². The lowest BCUT2D eigenvalue weighted by molar-refractivity contribution is -0.134. The van der Waals surface area contributed by atoms with Crippen molar-refractivity contribution >= 4 is 5.91 Å². The van der Waals surface area contributed by atoms with Gasteiger partial charge in [-0.1, -0.05) is 0 Å². The van der Waals surface area contributed by atoms with Crippen LogP contribution < -0.4 is 5.32 Å². The number of likely N-dealkylation sites (N-methyl/N-ethyl adjacent to an activating group) is 1. The molecule has 13 heavy (non-hydrogen) atoms. The third-order valence-corrected chi connectivity index (χ3v) is 3.48. The number of carbonyl (C=O) groups excluding carboxylic acids is 1. The predicted molar refractivity (Wildman–Crippen MR) is 51.3 cm³/mol. The Labute approximate surface area is 79.5 Å². The highest BCUT2D eigenvalue weighted by atomic mass is 16.2. The number of nitrogens with zero attached hydrogens (tertiary/aromatic N) is 1. The Morgan fingerprint density at radius 3 is 2.77 bits per heavy atom. The van der Waals surface area contributed by atoms with E-state index in [1.54, 1.807) is 0 Å². The Morgan fingerprint density at radius 1 is 1.62 bits per heavy atom. The topological polar surface area (TPSA) is 32.3 Å². The van der Waals surface area contributed by atoms with E-state index in [9.17, 15) is 4.79 Å². The third kappa shape index (κ3) is 1.35. The summed E-state index contributed by atoms with van der Waals surface area (Å²) in [4.78, 5) is 13.8. The van der Waals surface area contributed by atoms with Crippen molar-refractivity contribution in [2.45, 2.75) is 25.8 Å². The molecule has 2 rings (SSSR count). The quantitative estimate of drug-likeness (QED) is 0.688. The highest BCUT2D eigenvalue weighted by Crippen LogP contribution is 2.41. The zero-order chi connectivity index (χ0) is 9.42. The standard InChI is InChI=1S/C10H18N2O/c1-7(5-11-2)12-6-8-3-4-9(8)10(12)13/h7-9,11H,3-6H2,1-2H3. The highest BCUT2D eigenvalue weighted by Gasteiger charge is 2.46. The first-order valence-electron chi connectivity index (χ1n) is 5.19. The average Bonchev–Trinajstić information content (AvgIpc) is 2.23. The summed E-state index contributed by atoms with van der Waals surface area (Å²) in [7, 11) is 1.94. The van der Waals surface area contributed by atoms with Gasteiger partial charge in [-0.05, 0) is 32.7 Å². The van der Waals surface area contributed by atoms with Crippen LogP contribution in [0.25, 0.3) is 0 Å². The van der Waals surface area contributed by atoms with Crippen LogP contribution in [0.3, 0.4) is 0 Å². The lowest BCUT2D eigenvalue weighted by Crippen LogP contribution is -2.41. The molecule has 1 heterocycles. The number of amides is 1. The van der Waals surface area contributed by atoms with E-state index in [0.29, 0.717) is 23.8 Å². The van der Waals surface area contributed by atoms with E-state index in [4.69, 9.17) is 0 Å². The van der Waals surface area contributed by atoms with Gasteiger partial charge in [-0.15, -0.1) is 0 Å². The van der Waals surface area contributed by atoms with E-state index >= 15 is 0 Å². The minimum absolute atomic E-state index is 0.364. The van der Waals surface area contributed by atoms with Gasteiger partial charge in [-0.3, -0.25) is 4.79 Å². The normalized spacial score (nSPS) is 34.3. The molecule has 1 saturated carbocycles. The largest absolute Gasteiger partial charge is 0.338 e. The minimum atomic E-state index is 0.364. The van der Waals surface area contributed by atoms with E-state index in [1.165, 1.54) is 6.42 Å². The van der Waals surface area contributed by atoms with Crippen LogP contribution in [-0.4, -0.2) is 37.0 Å². The molecule has 3 nitrogen and oxygen atoms in total. The molecule has 0 bridgehead atoms. The van der Waals surface area contributed by atoms with E-state index in [-0.39, 0.29) is 0 Å². The summed E-state index contributed by atoms with van der Waals surface area (Å²) in [5, 5.41) is 3.12. The Hall–Kier alpha value is -0.570. The van der Waals surface area contributed by atoms with Gasteiger partial charge in [0.25, 0.3) is 0 Å². The molecule has 0 radical (unpaired) electrons.